The summed E-state index contributed by atoms with van der Waals surface area (Å²) in [5.74, 6) is 1.16. The lowest BCUT2D eigenvalue weighted by Crippen LogP contribution is -2.44. The lowest BCUT2D eigenvalue weighted by atomic mass is 9.69. The van der Waals surface area contributed by atoms with Crippen molar-refractivity contribution < 1.29 is 5.11 Å². The molecule has 0 radical (unpaired) electrons. The van der Waals surface area contributed by atoms with Gasteiger partial charge in [0.15, 0.2) is 0 Å². The predicted molar refractivity (Wildman–Crippen MR) is 95.3 cm³/mol. The average molecular weight is 309 g/mol. The Hall–Kier alpha value is -1.38. The maximum absolute atomic E-state index is 10.9. The van der Waals surface area contributed by atoms with Crippen molar-refractivity contribution in [3.8, 4) is 0 Å². The molecule has 1 aliphatic carbocycles. The van der Waals surface area contributed by atoms with E-state index in [9.17, 15) is 5.11 Å². The molecule has 1 saturated carbocycles. The summed E-state index contributed by atoms with van der Waals surface area (Å²) >= 11 is 0. The standard InChI is InChI=1S/C21H27NO/c1-2-21(23)11-5-8-19-14-22(15-20(19)21)13-16-9-10-17-6-3-4-7-18(17)12-16/h3-4,6-7,9-10,12,19-20,23H,2,5,8,11,13-15H2,1H3/t19-,20+,21-/m1/s1. The smallest absolute Gasteiger partial charge is 0.0688 e. The fraction of sp³-hybridized carbons (Fsp3) is 0.524. The van der Waals surface area contributed by atoms with Gasteiger partial charge in [0.2, 0.25) is 0 Å². The van der Waals surface area contributed by atoms with Gasteiger partial charge in [0.1, 0.15) is 0 Å². The van der Waals surface area contributed by atoms with E-state index < -0.39 is 5.60 Å². The second kappa shape index (κ2) is 5.92. The van der Waals surface area contributed by atoms with E-state index >= 15 is 0 Å². The number of benzene rings is 2. The van der Waals surface area contributed by atoms with Gasteiger partial charge in [0, 0.05) is 25.6 Å². The minimum atomic E-state index is -0.416. The van der Waals surface area contributed by atoms with Crippen molar-refractivity contribution in [2.45, 2.75) is 44.8 Å². The van der Waals surface area contributed by atoms with Crippen LogP contribution in [-0.2, 0) is 6.54 Å². The summed E-state index contributed by atoms with van der Waals surface area (Å²) in [4.78, 5) is 2.56. The van der Waals surface area contributed by atoms with E-state index in [1.54, 1.807) is 0 Å². The molecule has 3 atom stereocenters. The zero-order valence-corrected chi connectivity index (χ0v) is 14.0. The van der Waals surface area contributed by atoms with Gasteiger partial charge >= 0.3 is 0 Å². The summed E-state index contributed by atoms with van der Waals surface area (Å²) in [6.07, 6.45) is 4.38. The summed E-state index contributed by atoms with van der Waals surface area (Å²) in [6, 6.07) is 15.4. The third kappa shape index (κ3) is 2.79. The molecule has 1 saturated heterocycles. The van der Waals surface area contributed by atoms with Crippen molar-refractivity contribution in [2.24, 2.45) is 11.8 Å². The van der Waals surface area contributed by atoms with Crippen molar-refractivity contribution in [3.63, 3.8) is 0 Å². The van der Waals surface area contributed by atoms with Crippen molar-refractivity contribution >= 4 is 10.8 Å². The lowest BCUT2D eigenvalue weighted by molar-refractivity contribution is -0.0613. The monoisotopic (exact) mass is 309 g/mol. The topological polar surface area (TPSA) is 23.5 Å². The number of nitrogens with zero attached hydrogens (tertiary/aromatic N) is 1. The molecule has 0 spiro atoms. The van der Waals surface area contributed by atoms with Gasteiger partial charge in [-0.05, 0) is 47.6 Å². The third-order valence-corrected chi connectivity index (χ3v) is 6.22. The van der Waals surface area contributed by atoms with Gasteiger partial charge in [-0.25, -0.2) is 0 Å². The fourth-order valence-corrected chi connectivity index (χ4v) is 4.88. The number of hydrogen-bond acceptors (Lipinski definition) is 2. The van der Waals surface area contributed by atoms with Crippen LogP contribution in [-0.4, -0.2) is 28.7 Å². The summed E-state index contributed by atoms with van der Waals surface area (Å²) in [5.41, 5.74) is 0.975. The molecule has 0 aromatic heterocycles. The molecule has 1 heterocycles. The highest BCUT2D eigenvalue weighted by Gasteiger charge is 2.47. The molecule has 0 amide bonds. The van der Waals surface area contributed by atoms with Crippen LogP contribution in [0.5, 0.6) is 0 Å². The van der Waals surface area contributed by atoms with Crippen LogP contribution < -0.4 is 0 Å². The van der Waals surface area contributed by atoms with Gasteiger partial charge in [-0.15, -0.1) is 0 Å². The van der Waals surface area contributed by atoms with Crippen molar-refractivity contribution in [1.82, 2.24) is 4.90 Å². The second-order valence-electron chi connectivity index (χ2n) is 7.59. The molecule has 2 nitrogen and oxygen atoms in total. The SMILES string of the molecule is CC[C@@]1(O)CCC[C@@H]2CN(Cc3ccc4ccccc4c3)C[C@@H]21. The summed E-state index contributed by atoms with van der Waals surface area (Å²) in [7, 11) is 0. The van der Waals surface area contributed by atoms with Crippen molar-refractivity contribution in [1.29, 1.82) is 0 Å². The number of hydrogen-bond donors (Lipinski definition) is 1. The quantitative estimate of drug-likeness (QED) is 0.918. The Labute approximate surface area is 139 Å². The highest BCUT2D eigenvalue weighted by Crippen LogP contribution is 2.44. The second-order valence-corrected chi connectivity index (χ2v) is 7.59. The van der Waals surface area contributed by atoms with Crippen LogP contribution >= 0.6 is 0 Å². The Morgan fingerprint density at radius 2 is 1.96 bits per heavy atom. The summed E-state index contributed by atoms with van der Waals surface area (Å²) < 4.78 is 0. The van der Waals surface area contributed by atoms with E-state index in [1.807, 2.05) is 0 Å². The maximum Gasteiger partial charge on any atom is 0.0688 e. The summed E-state index contributed by atoms with van der Waals surface area (Å²) in [6.45, 7) is 5.37. The van der Waals surface area contributed by atoms with Crippen LogP contribution in [0.3, 0.4) is 0 Å². The number of fused-ring (bicyclic) bond motifs is 2. The number of aliphatic hydroxyl groups is 1. The molecule has 4 rings (SSSR count). The molecule has 0 unspecified atom stereocenters. The first-order valence-corrected chi connectivity index (χ1v) is 9.10. The Balaban J connectivity index is 1.51. The lowest BCUT2D eigenvalue weighted by Gasteiger charge is -2.40. The van der Waals surface area contributed by atoms with Crippen LogP contribution in [0.15, 0.2) is 42.5 Å². The Bertz CT molecular complexity index is 697. The van der Waals surface area contributed by atoms with E-state index in [1.165, 1.54) is 29.2 Å². The Kier molecular flexibility index (Phi) is 3.90. The molecule has 2 aromatic carbocycles. The van der Waals surface area contributed by atoms with Crippen LogP contribution in [0.4, 0.5) is 0 Å². The Morgan fingerprint density at radius 3 is 2.78 bits per heavy atom. The Morgan fingerprint density at radius 1 is 1.13 bits per heavy atom. The van der Waals surface area contributed by atoms with Crippen molar-refractivity contribution in [3.05, 3.63) is 48.0 Å². The molecule has 2 aromatic rings. The molecule has 1 aliphatic heterocycles. The average Bonchev–Trinajstić information content (AvgIpc) is 2.99. The van der Waals surface area contributed by atoms with E-state index in [4.69, 9.17) is 0 Å². The van der Waals surface area contributed by atoms with Crippen LogP contribution in [0.25, 0.3) is 10.8 Å². The zero-order valence-electron chi connectivity index (χ0n) is 14.0. The van der Waals surface area contributed by atoms with E-state index in [2.05, 4.69) is 54.3 Å². The third-order valence-electron chi connectivity index (χ3n) is 6.22. The van der Waals surface area contributed by atoms with Crippen LogP contribution in [0.2, 0.25) is 0 Å². The first-order valence-electron chi connectivity index (χ1n) is 9.10. The molecule has 122 valence electrons. The molecule has 0 bridgehead atoms. The maximum atomic E-state index is 10.9. The first-order chi connectivity index (χ1) is 11.2. The first kappa shape index (κ1) is 15.2. The highest BCUT2D eigenvalue weighted by molar-refractivity contribution is 5.82. The van der Waals surface area contributed by atoms with Gasteiger partial charge in [-0.3, -0.25) is 4.90 Å². The van der Waals surface area contributed by atoms with E-state index in [0.717, 1.165) is 32.5 Å². The van der Waals surface area contributed by atoms with Crippen molar-refractivity contribution in [2.75, 3.05) is 13.1 Å². The summed E-state index contributed by atoms with van der Waals surface area (Å²) in [5, 5.41) is 13.6. The number of rotatable bonds is 3. The molecule has 23 heavy (non-hydrogen) atoms. The number of likely N-dealkylation sites (tertiary alicyclic amines) is 1. The van der Waals surface area contributed by atoms with Gasteiger partial charge in [0.25, 0.3) is 0 Å². The predicted octanol–water partition coefficient (Wildman–Crippen LogP) is 4.21. The minimum Gasteiger partial charge on any atom is -0.390 e. The molecule has 2 heteroatoms. The molecular formula is C21H27NO. The van der Waals surface area contributed by atoms with E-state index in [-0.39, 0.29) is 0 Å². The molecule has 1 N–H and O–H groups in total. The zero-order chi connectivity index (χ0) is 15.9. The van der Waals surface area contributed by atoms with Gasteiger partial charge in [-0.2, -0.15) is 0 Å². The van der Waals surface area contributed by atoms with Crippen LogP contribution in [0, 0.1) is 11.8 Å². The van der Waals surface area contributed by atoms with Gasteiger partial charge < -0.3 is 5.11 Å². The fourth-order valence-electron chi connectivity index (χ4n) is 4.88. The largest absolute Gasteiger partial charge is 0.390 e. The normalized spacial score (nSPS) is 31.4. The highest BCUT2D eigenvalue weighted by atomic mass is 16.3. The van der Waals surface area contributed by atoms with Gasteiger partial charge in [0.05, 0.1) is 5.60 Å². The van der Waals surface area contributed by atoms with Crippen LogP contribution in [0.1, 0.15) is 38.2 Å². The molecular weight excluding hydrogens is 282 g/mol. The van der Waals surface area contributed by atoms with E-state index in [0.29, 0.717) is 11.8 Å². The van der Waals surface area contributed by atoms with Gasteiger partial charge in [-0.1, -0.05) is 49.7 Å². The molecule has 2 fully saturated rings. The minimum absolute atomic E-state index is 0.416. The molecule has 2 aliphatic rings.